The molecule has 5 heteroatoms. The predicted molar refractivity (Wildman–Crippen MR) is 67.7 cm³/mol. The zero-order chi connectivity index (χ0) is 13.2. The van der Waals surface area contributed by atoms with Crippen molar-refractivity contribution in [1.82, 2.24) is 14.8 Å². The molecule has 0 amide bonds. The summed E-state index contributed by atoms with van der Waals surface area (Å²) in [5, 5.41) is 12.7. The molecular weight excluding hydrogens is 243 g/mol. The van der Waals surface area contributed by atoms with Gasteiger partial charge in [-0.3, -0.25) is 0 Å². The molecule has 0 bridgehead atoms. The first-order chi connectivity index (χ1) is 9.29. The zero-order valence-electron chi connectivity index (χ0n) is 10.1. The number of alkyl halides is 1. The summed E-state index contributed by atoms with van der Waals surface area (Å²) in [6, 6.07) is 11.4. The Bertz CT molecular complexity index is 654. The van der Waals surface area contributed by atoms with E-state index in [4.69, 9.17) is 5.26 Å². The Morgan fingerprint density at radius 2 is 2.16 bits per heavy atom. The van der Waals surface area contributed by atoms with E-state index in [1.807, 2.05) is 36.4 Å². The van der Waals surface area contributed by atoms with Gasteiger partial charge in [0.2, 0.25) is 0 Å². The third-order valence-electron chi connectivity index (χ3n) is 3.17. The Morgan fingerprint density at radius 1 is 1.37 bits per heavy atom. The normalized spacial score (nSPS) is 21.5. The molecule has 0 saturated carbocycles. The second-order valence-corrected chi connectivity index (χ2v) is 4.36. The number of hydrogen-bond donors (Lipinski definition) is 0. The third-order valence-corrected chi connectivity index (χ3v) is 3.17. The van der Waals surface area contributed by atoms with Gasteiger partial charge in [-0.2, -0.15) is 10.4 Å². The Balaban J connectivity index is 2.00. The van der Waals surface area contributed by atoms with Crippen LogP contribution < -0.4 is 0 Å². The van der Waals surface area contributed by atoms with E-state index in [0.717, 1.165) is 5.56 Å². The Hall–Kier alpha value is -2.48. The molecule has 0 N–H and O–H groups in total. The summed E-state index contributed by atoms with van der Waals surface area (Å²) in [6.45, 7) is 0. The second kappa shape index (κ2) is 4.65. The van der Waals surface area contributed by atoms with E-state index in [9.17, 15) is 4.39 Å². The molecule has 2 heterocycles. The minimum Gasteiger partial charge on any atom is -0.239 e. The van der Waals surface area contributed by atoms with Gasteiger partial charge in [0.25, 0.3) is 0 Å². The van der Waals surface area contributed by atoms with Crippen LogP contribution in [-0.4, -0.2) is 14.8 Å². The number of rotatable bonds is 2. The van der Waals surface area contributed by atoms with Gasteiger partial charge in [0.1, 0.15) is 0 Å². The lowest BCUT2D eigenvalue weighted by Crippen LogP contribution is -2.07. The largest absolute Gasteiger partial charge is 0.239 e. The summed E-state index contributed by atoms with van der Waals surface area (Å²) in [6.07, 6.45) is 2.03. The summed E-state index contributed by atoms with van der Waals surface area (Å²) < 4.78 is 15.6. The van der Waals surface area contributed by atoms with E-state index in [1.165, 1.54) is 12.2 Å². The van der Waals surface area contributed by atoms with Gasteiger partial charge in [0, 0.05) is 12.5 Å². The first kappa shape index (κ1) is 11.6. The van der Waals surface area contributed by atoms with E-state index in [2.05, 4.69) is 10.1 Å². The molecule has 4 nitrogen and oxygen atoms in total. The van der Waals surface area contributed by atoms with Gasteiger partial charge >= 0.3 is 0 Å². The highest BCUT2D eigenvalue weighted by molar-refractivity contribution is 5.43. The molecule has 94 valence electrons. The monoisotopic (exact) mass is 254 g/mol. The average molecular weight is 254 g/mol. The maximum atomic E-state index is 14.0. The molecule has 19 heavy (non-hydrogen) atoms. The van der Waals surface area contributed by atoms with Crippen LogP contribution in [0.2, 0.25) is 0 Å². The topological polar surface area (TPSA) is 54.5 Å². The molecule has 3 rings (SSSR count). The van der Waals surface area contributed by atoms with Crippen LogP contribution in [-0.2, 0) is 0 Å². The van der Waals surface area contributed by atoms with Crippen LogP contribution in [0.1, 0.15) is 35.8 Å². The van der Waals surface area contributed by atoms with Crippen LogP contribution in [0.15, 0.2) is 36.4 Å². The number of allylic oxidation sites excluding steroid dienone is 1. The van der Waals surface area contributed by atoms with Crippen molar-refractivity contribution in [3.63, 3.8) is 0 Å². The quantitative estimate of drug-likeness (QED) is 0.774. The van der Waals surface area contributed by atoms with Crippen molar-refractivity contribution in [2.75, 3.05) is 0 Å². The maximum Gasteiger partial charge on any atom is 0.175 e. The summed E-state index contributed by atoms with van der Waals surface area (Å²) in [4.78, 5) is 4.12. The van der Waals surface area contributed by atoms with Gasteiger partial charge in [-0.05, 0) is 11.6 Å². The lowest BCUT2D eigenvalue weighted by molar-refractivity contribution is 0.328. The molecule has 2 aromatic rings. The minimum absolute atomic E-state index is 0.122. The number of aromatic nitrogens is 3. The SMILES string of the molecule is N#CC=Cc1nc2n(n1)[C@H](c1ccccc1)C[C@@H]2F. The Labute approximate surface area is 109 Å². The van der Waals surface area contributed by atoms with Gasteiger partial charge in [-0.1, -0.05) is 30.3 Å². The zero-order valence-corrected chi connectivity index (χ0v) is 10.1. The summed E-state index contributed by atoms with van der Waals surface area (Å²) in [7, 11) is 0. The van der Waals surface area contributed by atoms with Gasteiger partial charge in [0.15, 0.2) is 17.8 Å². The summed E-state index contributed by atoms with van der Waals surface area (Å²) in [5.74, 6) is 0.714. The molecule has 0 aliphatic carbocycles. The fraction of sp³-hybridized carbons (Fsp3) is 0.214. The number of fused-ring (bicyclic) bond motifs is 1. The van der Waals surface area contributed by atoms with E-state index < -0.39 is 6.17 Å². The number of nitrogens with zero attached hydrogens (tertiary/aromatic N) is 4. The predicted octanol–water partition coefficient (Wildman–Crippen LogP) is 2.82. The Morgan fingerprint density at radius 3 is 2.89 bits per heavy atom. The van der Waals surface area contributed by atoms with Crippen LogP contribution >= 0.6 is 0 Å². The van der Waals surface area contributed by atoms with Crippen molar-refractivity contribution < 1.29 is 4.39 Å². The average Bonchev–Trinajstić information content (AvgIpc) is 2.98. The van der Waals surface area contributed by atoms with E-state index in [0.29, 0.717) is 18.1 Å². The van der Waals surface area contributed by atoms with Crippen molar-refractivity contribution in [3.05, 3.63) is 53.6 Å². The standard InChI is InChI=1S/C14H11FN4/c15-11-9-12(10-5-2-1-3-6-10)19-14(11)17-13(18-19)7-4-8-16/h1-7,11-12H,9H2/t11-,12-/m0/s1. The van der Waals surface area contributed by atoms with E-state index >= 15 is 0 Å². The fourth-order valence-electron chi connectivity index (χ4n) is 2.33. The van der Waals surface area contributed by atoms with Crippen molar-refractivity contribution in [3.8, 4) is 6.07 Å². The number of hydrogen-bond acceptors (Lipinski definition) is 3. The van der Waals surface area contributed by atoms with Crippen LogP contribution in [0.25, 0.3) is 6.08 Å². The highest BCUT2D eigenvalue weighted by Crippen LogP contribution is 2.39. The molecule has 1 aromatic heterocycles. The van der Waals surface area contributed by atoms with Crippen LogP contribution in [0, 0.1) is 11.3 Å². The van der Waals surface area contributed by atoms with Crippen LogP contribution in [0.4, 0.5) is 4.39 Å². The lowest BCUT2D eigenvalue weighted by atomic mass is 10.0. The fourth-order valence-corrected chi connectivity index (χ4v) is 2.33. The molecule has 0 spiro atoms. The van der Waals surface area contributed by atoms with Gasteiger partial charge < -0.3 is 0 Å². The first-order valence-electron chi connectivity index (χ1n) is 6.01. The smallest absolute Gasteiger partial charge is 0.175 e. The molecule has 1 aromatic carbocycles. The number of benzene rings is 1. The van der Waals surface area contributed by atoms with Crippen molar-refractivity contribution >= 4 is 6.08 Å². The van der Waals surface area contributed by atoms with Crippen molar-refractivity contribution in [2.24, 2.45) is 0 Å². The van der Waals surface area contributed by atoms with Gasteiger partial charge in [0.05, 0.1) is 12.1 Å². The summed E-state index contributed by atoms with van der Waals surface area (Å²) in [5.41, 5.74) is 1.02. The lowest BCUT2D eigenvalue weighted by Gasteiger charge is -2.11. The molecule has 0 radical (unpaired) electrons. The van der Waals surface area contributed by atoms with Crippen LogP contribution in [0.5, 0.6) is 0 Å². The molecule has 0 saturated heterocycles. The highest BCUT2D eigenvalue weighted by atomic mass is 19.1. The molecule has 0 unspecified atom stereocenters. The summed E-state index contributed by atoms with van der Waals surface area (Å²) >= 11 is 0. The first-order valence-corrected chi connectivity index (χ1v) is 6.01. The van der Waals surface area contributed by atoms with E-state index in [1.54, 1.807) is 4.68 Å². The highest BCUT2D eigenvalue weighted by Gasteiger charge is 2.34. The second-order valence-electron chi connectivity index (χ2n) is 4.36. The molecule has 1 aliphatic rings. The molecule has 1 aliphatic heterocycles. The van der Waals surface area contributed by atoms with Gasteiger partial charge in [-0.15, -0.1) is 0 Å². The van der Waals surface area contributed by atoms with Crippen LogP contribution in [0.3, 0.4) is 0 Å². The third kappa shape index (κ3) is 2.02. The van der Waals surface area contributed by atoms with Gasteiger partial charge in [-0.25, -0.2) is 14.1 Å². The maximum absolute atomic E-state index is 14.0. The van der Waals surface area contributed by atoms with E-state index in [-0.39, 0.29) is 6.04 Å². The molecule has 2 atom stereocenters. The Kier molecular flexibility index (Phi) is 2.84. The molecule has 0 fully saturated rings. The van der Waals surface area contributed by atoms with Crippen molar-refractivity contribution in [1.29, 1.82) is 5.26 Å². The number of nitriles is 1. The van der Waals surface area contributed by atoms with Crippen molar-refractivity contribution in [2.45, 2.75) is 18.6 Å². The molecular formula is C14H11FN4. The number of halogens is 1. The minimum atomic E-state index is -1.11.